The maximum absolute atomic E-state index is 13.0. The molecule has 0 aliphatic heterocycles. The van der Waals surface area contributed by atoms with E-state index in [0.717, 1.165) is 11.1 Å². The van der Waals surface area contributed by atoms with Crippen LogP contribution < -0.4 is 11.3 Å². The van der Waals surface area contributed by atoms with Crippen LogP contribution in [0.4, 0.5) is 0 Å². The molecule has 0 spiro atoms. The lowest BCUT2D eigenvalue weighted by molar-refractivity contribution is 0.0740. The molecule has 6 nitrogen and oxygen atoms in total. The Morgan fingerprint density at radius 1 is 1.19 bits per heavy atom. The van der Waals surface area contributed by atoms with Gasteiger partial charge in [-0.2, -0.15) is 0 Å². The zero-order valence-corrected chi connectivity index (χ0v) is 14.8. The molecular weight excluding hydrogens is 328 g/mol. The van der Waals surface area contributed by atoms with Crippen molar-refractivity contribution in [3.05, 3.63) is 81.9 Å². The normalized spacial score (nSPS) is 10.8. The molecule has 134 valence electrons. The molecular formula is C20H22N4O2. The molecule has 1 aromatic carbocycles. The minimum atomic E-state index is -0.352. The molecule has 1 amide bonds. The fraction of sp³-hybridized carbons (Fsp3) is 0.250. The second-order valence-corrected chi connectivity index (χ2v) is 6.27. The van der Waals surface area contributed by atoms with Crippen molar-refractivity contribution in [2.24, 2.45) is 5.73 Å². The third-order valence-corrected chi connectivity index (χ3v) is 4.22. The predicted molar refractivity (Wildman–Crippen MR) is 101 cm³/mol. The number of pyridine rings is 1. The number of rotatable bonds is 6. The van der Waals surface area contributed by atoms with Crippen molar-refractivity contribution in [3.63, 3.8) is 0 Å². The van der Waals surface area contributed by atoms with Gasteiger partial charge in [-0.25, -0.2) is 4.98 Å². The lowest BCUT2D eigenvalue weighted by atomic mass is 10.2. The summed E-state index contributed by atoms with van der Waals surface area (Å²) in [7, 11) is 0. The lowest BCUT2D eigenvalue weighted by Gasteiger charge is -2.22. The van der Waals surface area contributed by atoms with Crippen molar-refractivity contribution in [3.8, 4) is 0 Å². The van der Waals surface area contributed by atoms with Crippen molar-refractivity contribution >= 4 is 11.6 Å². The largest absolute Gasteiger partial charge is 0.334 e. The van der Waals surface area contributed by atoms with Crippen LogP contribution in [0.25, 0.3) is 5.65 Å². The first-order chi connectivity index (χ1) is 12.6. The first kappa shape index (κ1) is 17.8. The fourth-order valence-corrected chi connectivity index (χ4v) is 2.84. The van der Waals surface area contributed by atoms with E-state index >= 15 is 0 Å². The molecule has 3 rings (SSSR count). The molecule has 3 aromatic rings. The highest BCUT2D eigenvalue weighted by Gasteiger charge is 2.20. The summed E-state index contributed by atoms with van der Waals surface area (Å²) in [5, 5.41) is 0. The maximum Gasteiger partial charge on any atom is 0.270 e. The van der Waals surface area contributed by atoms with Gasteiger partial charge in [0.25, 0.3) is 11.5 Å². The summed E-state index contributed by atoms with van der Waals surface area (Å²) in [6.45, 7) is 3.28. The van der Waals surface area contributed by atoms with E-state index in [-0.39, 0.29) is 17.0 Å². The molecule has 26 heavy (non-hydrogen) atoms. The Kier molecular flexibility index (Phi) is 5.43. The van der Waals surface area contributed by atoms with Gasteiger partial charge in [-0.15, -0.1) is 0 Å². The van der Waals surface area contributed by atoms with Gasteiger partial charge in [-0.1, -0.05) is 36.4 Å². The van der Waals surface area contributed by atoms with Crippen molar-refractivity contribution in [2.75, 3.05) is 13.1 Å². The molecule has 0 bridgehead atoms. The number of aromatic nitrogens is 2. The summed E-state index contributed by atoms with van der Waals surface area (Å²) in [5.41, 5.74) is 7.78. The Hall–Kier alpha value is -2.99. The highest BCUT2D eigenvalue weighted by atomic mass is 16.2. The van der Waals surface area contributed by atoms with Crippen molar-refractivity contribution < 1.29 is 4.79 Å². The fourth-order valence-electron chi connectivity index (χ4n) is 2.84. The van der Waals surface area contributed by atoms with Crippen LogP contribution in [-0.2, 0) is 6.54 Å². The van der Waals surface area contributed by atoms with E-state index in [1.807, 2.05) is 43.3 Å². The second kappa shape index (κ2) is 7.93. The predicted octanol–water partition coefficient (Wildman–Crippen LogP) is 1.99. The van der Waals surface area contributed by atoms with Crippen molar-refractivity contribution in [1.29, 1.82) is 0 Å². The standard InChI is InChI=1S/C20H22N4O2/c1-15-8-9-18-22-12-17(20(26)24(18)13-15)19(25)23(11-5-10-21)14-16-6-3-2-4-7-16/h2-4,6-9,12-13H,5,10-11,14,21H2,1H3. The van der Waals surface area contributed by atoms with Gasteiger partial charge in [0.15, 0.2) is 0 Å². The number of fused-ring (bicyclic) bond motifs is 1. The summed E-state index contributed by atoms with van der Waals surface area (Å²) in [4.78, 5) is 31.8. The Bertz CT molecular complexity index is 966. The first-order valence-corrected chi connectivity index (χ1v) is 8.61. The molecule has 2 N–H and O–H groups in total. The molecule has 0 radical (unpaired) electrons. The maximum atomic E-state index is 13.0. The number of aryl methyl sites for hydroxylation is 1. The van der Waals surface area contributed by atoms with Gasteiger partial charge >= 0.3 is 0 Å². The summed E-state index contributed by atoms with van der Waals surface area (Å²) >= 11 is 0. The molecule has 0 saturated heterocycles. The van der Waals surface area contributed by atoms with Gasteiger partial charge < -0.3 is 10.6 Å². The third-order valence-electron chi connectivity index (χ3n) is 4.22. The van der Waals surface area contributed by atoms with Gasteiger partial charge in [-0.3, -0.25) is 14.0 Å². The molecule has 0 unspecified atom stereocenters. The van der Waals surface area contributed by atoms with Crippen LogP contribution in [0.2, 0.25) is 0 Å². The van der Waals surface area contributed by atoms with Crippen LogP contribution in [0.3, 0.4) is 0 Å². The molecule has 0 aliphatic carbocycles. The van der Waals surface area contributed by atoms with E-state index in [2.05, 4.69) is 4.98 Å². The number of hydrogen-bond acceptors (Lipinski definition) is 4. The van der Waals surface area contributed by atoms with E-state index < -0.39 is 0 Å². The smallest absolute Gasteiger partial charge is 0.270 e. The Labute approximate surface area is 151 Å². The van der Waals surface area contributed by atoms with Gasteiger partial charge in [0.1, 0.15) is 11.2 Å². The number of nitrogens with two attached hydrogens (primary N) is 1. The van der Waals surface area contributed by atoms with Gasteiger partial charge in [0.05, 0.1) is 0 Å². The monoisotopic (exact) mass is 350 g/mol. The summed E-state index contributed by atoms with van der Waals surface area (Å²) in [6.07, 6.45) is 3.73. The number of amides is 1. The minimum Gasteiger partial charge on any atom is -0.334 e. The summed E-state index contributed by atoms with van der Waals surface area (Å²) in [6, 6.07) is 13.3. The summed E-state index contributed by atoms with van der Waals surface area (Å²) < 4.78 is 1.42. The van der Waals surface area contributed by atoms with Crippen LogP contribution >= 0.6 is 0 Å². The van der Waals surface area contributed by atoms with Gasteiger partial charge in [0.2, 0.25) is 0 Å². The van der Waals surface area contributed by atoms with E-state index in [1.54, 1.807) is 17.2 Å². The molecule has 0 saturated carbocycles. The SMILES string of the molecule is Cc1ccc2ncc(C(=O)N(CCCN)Cc3ccccc3)c(=O)n2c1. The van der Waals surface area contributed by atoms with E-state index in [1.165, 1.54) is 10.6 Å². The molecule has 2 heterocycles. The van der Waals surface area contributed by atoms with Crippen molar-refractivity contribution in [2.45, 2.75) is 19.9 Å². The first-order valence-electron chi connectivity index (χ1n) is 8.61. The van der Waals surface area contributed by atoms with E-state index in [4.69, 9.17) is 5.73 Å². The quantitative estimate of drug-likeness (QED) is 0.737. The number of nitrogens with zero attached hydrogens (tertiary/aromatic N) is 3. The second-order valence-electron chi connectivity index (χ2n) is 6.27. The van der Waals surface area contributed by atoms with E-state index in [0.29, 0.717) is 31.7 Å². The van der Waals surface area contributed by atoms with Crippen molar-refractivity contribution in [1.82, 2.24) is 14.3 Å². The molecule has 0 aliphatic rings. The molecule has 2 aromatic heterocycles. The average Bonchev–Trinajstić information content (AvgIpc) is 2.66. The van der Waals surface area contributed by atoms with Crippen LogP contribution in [0.15, 0.2) is 59.7 Å². The van der Waals surface area contributed by atoms with Crippen LogP contribution in [0.1, 0.15) is 27.9 Å². The number of carbonyl (C=O) groups excluding carboxylic acids is 1. The molecule has 0 atom stereocenters. The zero-order chi connectivity index (χ0) is 18.5. The highest BCUT2D eigenvalue weighted by molar-refractivity contribution is 5.93. The Morgan fingerprint density at radius 2 is 1.96 bits per heavy atom. The van der Waals surface area contributed by atoms with Gasteiger partial charge in [0, 0.05) is 25.5 Å². The van der Waals surface area contributed by atoms with Crippen LogP contribution in [0, 0.1) is 6.92 Å². The highest BCUT2D eigenvalue weighted by Crippen LogP contribution is 2.09. The Morgan fingerprint density at radius 3 is 2.69 bits per heavy atom. The zero-order valence-electron chi connectivity index (χ0n) is 14.8. The van der Waals surface area contributed by atoms with Gasteiger partial charge in [-0.05, 0) is 37.1 Å². The lowest BCUT2D eigenvalue weighted by Crippen LogP contribution is -2.37. The van der Waals surface area contributed by atoms with Crippen LogP contribution in [-0.4, -0.2) is 33.3 Å². The topological polar surface area (TPSA) is 80.7 Å². The minimum absolute atomic E-state index is 0.0704. The average molecular weight is 350 g/mol. The third kappa shape index (κ3) is 3.81. The molecule has 0 fully saturated rings. The Balaban J connectivity index is 1.96. The number of carbonyl (C=O) groups is 1. The molecule has 6 heteroatoms. The number of hydrogen-bond donors (Lipinski definition) is 1. The number of benzene rings is 1. The van der Waals surface area contributed by atoms with E-state index in [9.17, 15) is 9.59 Å². The van der Waals surface area contributed by atoms with Crippen LogP contribution in [0.5, 0.6) is 0 Å². The summed E-state index contributed by atoms with van der Waals surface area (Å²) in [5.74, 6) is -0.323.